The quantitative estimate of drug-likeness (QED) is 0.138. The number of nitrogens with one attached hydrogen (secondary N) is 3. The SMILES string of the molecule is CCCN(CCC)CCC[C@H](NC(=O)c1ccc(CNCc2nccn2C)cc1)C(=O)NC(C)c1ccc(F)c2ccccc12. The molecule has 9 heteroatoms. The smallest absolute Gasteiger partial charge is 0.251 e. The third-order valence-corrected chi connectivity index (χ3v) is 8.15. The lowest BCUT2D eigenvalue weighted by Crippen LogP contribution is -2.47. The standard InChI is InChI=1S/C36H47FN6O2/c1-5-20-43(21-6-2)22-9-12-33(36(45)40-26(3)29-17-18-32(37)31-11-8-7-10-30(29)31)41-35(44)28-15-13-27(14-16-28)24-38-25-34-39-19-23-42(34)4/h7-8,10-11,13-19,23,26,33,38H,5-6,9,12,20-22,24-25H2,1-4H3,(H,40,45)(H,41,44)/t26?,33-/m0/s1. The van der Waals surface area contributed by atoms with E-state index in [9.17, 15) is 14.0 Å². The zero-order chi connectivity index (χ0) is 32.2. The van der Waals surface area contributed by atoms with E-state index in [1.54, 1.807) is 36.5 Å². The maximum absolute atomic E-state index is 14.5. The van der Waals surface area contributed by atoms with Crippen molar-refractivity contribution in [3.63, 3.8) is 0 Å². The maximum Gasteiger partial charge on any atom is 0.251 e. The van der Waals surface area contributed by atoms with Crippen LogP contribution in [0, 0.1) is 5.82 Å². The van der Waals surface area contributed by atoms with Crippen molar-refractivity contribution < 1.29 is 14.0 Å². The second-order valence-corrected chi connectivity index (χ2v) is 11.7. The molecule has 2 atom stereocenters. The number of hydrogen-bond donors (Lipinski definition) is 3. The molecule has 0 aliphatic heterocycles. The molecular formula is C36H47FN6O2. The Hall–Kier alpha value is -4.08. The van der Waals surface area contributed by atoms with Gasteiger partial charge >= 0.3 is 0 Å². The second-order valence-electron chi connectivity index (χ2n) is 11.7. The van der Waals surface area contributed by atoms with Crippen LogP contribution in [0.3, 0.4) is 0 Å². The van der Waals surface area contributed by atoms with E-state index in [1.807, 2.05) is 49.0 Å². The van der Waals surface area contributed by atoms with Crippen molar-refractivity contribution in [3.05, 3.63) is 101 Å². The van der Waals surface area contributed by atoms with E-state index < -0.39 is 6.04 Å². The van der Waals surface area contributed by atoms with Crippen molar-refractivity contribution in [1.82, 2.24) is 30.4 Å². The van der Waals surface area contributed by atoms with Crippen molar-refractivity contribution in [2.75, 3.05) is 19.6 Å². The van der Waals surface area contributed by atoms with Crippen molar-refractivity contribution in [1.29, 1.82) is 0 Å². The molecule has 0 aliphatic carbocycles. The molecule has 240 valence electrons. The summed E-state index contributed by atoms with van der Waals surface area (Å²) in [5.41, 5.74) is 2.37. The van der Waals surface area contributed by atoms with E-state index in [1.165, 1.54) is 6.07 Å². The number of carbonyl (C=O) groups is 2. The van der Waals surface area contributed by atoms with Gasteiger partial charge in [-0.1, -0.05) is 56.3 Å². The number of amides is 2. The lowest BCUT2D eigenvalue weighted by Gasteiger charge is -2.25. The summed E-state index contributed by atoms with van der Waals surface area (Å²) >= 11 is 0. The Labute approximate surface area is 266 Å². The van der Waals surface area contributed by atoms with Gasteiger partial charge in [0.05, 0.1) is 12.6 Å². The first-order valence-corrected chi connectivity index (χ1v) is 16.1. The van der Waals surface area contributed by atoms with Gasteiger partial charge < -0.3 is 25.4 Å². The van der Waals surface area contributed by atoms with Crippen LogP contribution in [0.1, 0.15) is 79.8 Å². The van der Waals surface area contributed by atoms with E-state index in [-0.39, 0.29) is 23.7 Å². The van der Waals surface area contributed by atoms with Crippen molar-refractivity contribution in [3.8, 4) is 0 Å². The van der Waals surface area contributed by atoms with Crippen molar-refractivity contribution in [2.45, 2.75) is 71.6 Å². The fourth-order valence-electron chi connectivity index (χ4n) is 5.71. The zero-order valence-corrected chi connectivity index (χ0v) is 27.0. The van der Waals surface area contributed by atoms with E-state index in [4.69, 9.17) is 0 Å². The first kappa shape index (κ1) is 33.8. The Kier molecular flexibility index (Phi) is 12.7. The monoisotopic (exact) mass is 614 g/mol. The molecule has 1 unspecified atom stereocenters. The van der Waals surface area contributed by atoms with E-state index in [0.29, 0.717) is 30.5 Å². The van der Waals surface area contributed by atoms with Crippen LogP contribution in [0.5, 0.6) is 0 Å². The molecule has 4 aromatic rings. The van der Waals surface area contributed by atoms with Crippen LogP contribution in [0.4, 0.5) is 4.39 Å². The summed E-state index contributed by atoms with van der Waals surface area (Å²) in [4.78, 5) is 33.8. The largest absolute Gasteiger partial charge is 0.348 e. The summed E-state index contributed by atoms with van der Waals surface area (Å²) in [5, 5.41) is 10.8. The molecule has 4 rings (SSSR count). The van der Waals surface area contributed by atoms with Crippen LogP contribution in [0.2, 0.25) is 0 Å². The average Bonchev–Trinajstić information content (AvgIpc) is 3.45. The molecule has 2 amide bonds. The zero-order valence-electron chi connectivity index (χ0n) is 27.0. The highest BCUT2D eigenvalue weighted by molar-refractivity contribution is 5.97. The molecule has 0 aliphatic rings. The predicted octanol–water partition coefficient (Wildman–Crippen LogP) is 5.88. The summed E-state index contributed by atoms with van der Waals surface area (Å²) in [7, 11) is 1.96. The van der Waals surface area contributed by atoms with Gasteiger partial charge in [-0.15, -0.1) is 0 Å². The Morgan fingerprint density at radius 1 is 0.911 bits per heavy atom. The number of carbonyl (C=O) groups excluding carboxylic acids is 2. The van der Waals surface area contributed by atoms with Gasteiger partial charge in [-0.05, 0) is 87.0 Å². The van der Waals surface area contributed by atoms with Crippen LogP contribution in [0.15, 0.2) is 73.1 Å². The lowest BCUT2D eigenvalue weighted by molar-refractivity contribution is -0.123. The normalized spacial score (nSPS) is 12.8. The number of benzene rings is 3. The van der Waals surface area contributed by atoms with Crippen molar-refractivity contribution in [2.24, 2.45) is 7.05 Å². The summed E-state index contributed by atoms with van der Waals surface area (Å²) in [5.74, 6) is 0.111. The summed E-state index contributed by atoms with van der Waals surface area (Å²) in [6.45, 7) is 10.4. The summed E-state index contributed by atoms with van der Waals surface area (Å²) in [6, 6.07) is 16.8. The second kappa shape index (κ2) is 16.8. The number of hydrogen-bond acceptors (Lipinski definition) is 5. The summed E-state index contributed by atoms with van der Waals surface area (Å²) < 4.78 is 16.4. The molecule has 8 nitrogen and oxygen atoms in total. The number of rotatable bonds is 17. The molecule has 3 aromatic carbocycles. The van der Waals surface area contributed by atoms with Gasteiger partial charge in [-0.2, -0.15) is 0 Å². The molecular weight excluding hydrogens is 567 g/mol. The van der Waals surface area contributed by atoms with Crippen LogP contribution in [-0.4, -0.2) is 51.9 Å². The number of aromatic nitrogens is 2. The minimum atomic E-state index is -0.712. The fourth-order valence-corrected chi connectivity index (χ4v) is 5.71. The van der Waals surface area contributed by atoms with Gasteiger partial charge in [0.1, 0.15) is 17.7 Å². The highest BCUT2D eigenvalue weighted by Gasteiger charge is 2.24. The summed E-state index contributed by atoms with van der Waals surface area (Å²) in [6.07, 6.45) is 7.10. The van der Waals surface area contributed by atoms with Crippen LogP contribution in [0.25, 0.3) is 10.8 Å². The highest BCUT2D eigenvalue weighted by Crippen LogP contribution is 2.26. The number of nitrogens with zero attached hydrogens (tertiary/aromatic N) is 3. The van der Waals surface area contributed by atoms with Crippen LogP contribution in [-0.2, 0) is 24.9 Å². The van der Waals surface area contributed by atoms with Gasteiger partial charge in [0.25, 0.3) is 5.91 Å². The minimum Gasteiger partial charge on any atom is -0.348 e. The number of imidazole rings is 1. The highest BCUT2D eigenvalue weighted by atomic mass is 19.1. The van der Waals surface area contributed by atoms with Gasteiger partial charge in [0.15, 0.2) is 0 Å². The number of fused-ring (bicyclic) bond motifs is 1. The third-order valence-electron chi connectivity index (χ3n) is 8.15. The molecule has 0 saturated carbocycles. The van der Waals surface area contributed by atoms with Crippen molar-refractivity contribution >= 4 is 22.6 Å². The molecule has 1 aromatic heterocycles. The van der Waals surface area contributed by atoms with Gasteiger partial charge in [-0.25, -0.2) is 9.37 Å². The Balaban J connectivity index is 1.42. The Bertz CT molecular complexity index is 1530. The number of halogens is 1. The fraction of sp³-hybridized carbons (Fsp3) is 0.417. The Morgan fingerprint density at radius 2 is 1.62 bits per heavy atom. The molecule has 0 radical (unpaired) electrons. The van der Waals surface area contributed by atoms with E-state index in [2.05, 4.69) is 39.7 Å². The minimum absolute atomic E-state index is 0.253. The van der Waals surface area contributed by atoms with E-state index in [0.717, 1.165) is 61.2 Å². The number of aryl methyl sites for hydroxylation is 1. The first-order valence-electron chi connectivity index (χ1n) is 16.1. The average molecular weight is 615 g/mol. The molecule has 0 fully saturated rings. The first-order chi connectivity index (χ1) is 21.8. The molecule has 1 heterocycles. The lowest BCUT2D eigenvalue weighted by atomic mass is 9.98. The van der Waals surface area contributed by atoms with E-state index >= 15 is 0 Å². The Morgan fingerprint density at radius 3 is 2.29 bits per heavy atom. The van der Waals surface area contributed by atoms with Gasteiger partial charge in [0.2, 0.25) is 5.91 Å². The molecule has 3 N–H and O–H groups in total. The van der Waals surface area contributed by atoms with Crippen LogP contribution >= 0.6 is 0 Å². The van der Waals surface area contributed by atoms with Gasteiger partial charge in [-0.3, -0.25) is 9.59 Å². The van der Waals surface area contributed by atoms with Crippen LogP contribution < -0.4 is 16.0 Å². The molecule has 0 saturated heterocycles. The predicted molar refractivity (Wildman–Crippen MR) is 178 cm³/mol. The maximum atomic E-state index is 14.5. The molecule has 0 bridgehead atoms. The molecule has 45 heavy (non-hydrogen) atoms. The topological polar surface area (TPSA) is 91.3 Å². The molecule has 0 spiro atoms. The third kappa shape index (κ3) is 9.45. The van der Waals surface area contributed by atoms with Gasteiger partial charge in [0, 0.05) is 36.9 Å².